The Labute approximate surface area is 117 Å². The zero-order valence-electron chi connectivity index (χ0n) is 12.9. The van der Waals surface area contributed by atoms with Crippen LogP contribution in [0.1, 0.15) is 64.6 Å². The van der Waals surface area contributed by atoms with Crippen molar-refractivity contribution >= 4 is 5.95 Å². The van der Waals surface area contributed by atoms with E-state index >= 15 is 0 Å². The Balaban J connectivity index is 1.79. The highest BCUT2D eigenvalue weighted by Gasteiger charge is 2.18. The Morgan fingerprint density at radius 2 is 2.00 bits per heavy atom. The van der Waals surface area contributed by atoms with Gasteiger partial charge in [-0.2, -0.15) is 0 Å². The van der Waals surface area contributed by atoms with Crippen LogP contribution in [0.3, 0.4) is 0 Å². The molecule has 0 saturated heterocycles. The fourth-order valence-corrected chi connectivity index (χ4v) is 3.05. The second-order valence-corrected chi connectivity index (χ2v) is 6.55. The first kappa shape index (κ1) is 14.4. The van der Waals surface area contributed by atoms with Gasteiger partial charge in [-0.05, 0) is 39.0 Å². The lowest BCUT2D eigenvalue weighted by Crippen LogP contribution is -2.17. The first-order valence-corrected chi connectivity index (χ1v) is 7.85. The molecule has 1 aliphatic rings. The Bertz CT molecular complexity index is 387. The van der Waals surface area contributed by atoms with Crippen LogP contribution >= 0.6 is 0 Å². The van der Waals surface area contributed by atoms with Gasteiger partial charge >= 0.3 is 0 Å². The zero-order valence-corrected chi connectivity index (χ0v) is 12.9. The molecule has 19 heavy (non-hydrogen) atoms. The summed E-state index contributed by atoms with van der Waals surface area (Å²) >= 11 is 0. The summed E-state index contributed by atoms with van der Waals surface area (Å²) in [5.41, 5.74) is 1.10. The second-order valence-electron chi connectivity index (χ2n) is 6.55. The lowest BCUT2D eigenvalue weighted by molar-refractivity contribution is 0.281. The number of nitrogens with zero attached hydrogens (tertiary/aromatic N) is 2. The van der Waals surface area contributed by atoms with Crippen LogP contribution in [0.25, 0.3) is 0 Å². The van der Waals surface area contributed by atoms with Gasteiger partial charge in [0.05, 0.1) is 5.69 Å². The van der Waals surface area contributed by atoms with Crippen molar-refractivity contribution in [3.8, 4) is 0 Å². The van der Waals surface area contributed by atoms with E-state index in [1.165, 1.54) is 32.1 Å². The van der Waals surface area contributed by atoms with Crippen molar-refractivity contribution in [3.63, 3.8) is 0 Å². The molecule has 0 radical (unpaired) electrons. The molecular weight excluding hydrogens is 234 g/mol. The van der Waals surface area contributed by atoms with E-state index in [1.54, 1.807) is 0 Å². The van der Waals surface area contributed by atoms with Crippen LogP contribution in [0.5, 0.6) is 0 Å². The van der Waals surface area contributed by atoms with E-state index in [1.807, 2.05) is 0 Å². The molecule has 0 atom stereocenters. The molecule has 0 bridgehead atoms. The van der Waals surface area contributed by atoms with E-state index in [4.69, 9.17) is 0 Å². The topological polar surface area (TPSA) is 29.9 Å². The number of hydrogen-bond acceptors (Lipinski definition) is 2. The second kappa shape index (κ2) is 6.44. The van der Waals surface area contributed by atoms with E-state index in [-0.39, 0.29) is 0 Å². The zero-order chi connectivity index (χ0) is 13.8. The summed E-state index contributed by atoms with van der Waals surface area (Å²) in [4.78, 5) is 4.58. The highest BCUT2D eigenvalue weighted by Crippen LogP contribution is 2.30. The molecule has 0 aromatic carbocycles. The summed E-state index contributed by atoms with van der Waals surface area (Å²) in [5.74, 6) is 2.91. The normalized spacial score (nSPS) is 23.8. The number of imidazole rings is 1. The number of aromatic nitrogens is 2. The highest BCUT2D eigenvalue weighted by molar-refractivity contribution is 5.29. The molecule has 2 rings (SSSR count). The van der Waals surface area contributed by atoms with E-state index in [0.29, 0.717) is 6.04 Å². The van der Waals surface area contributed by atoms with Crippen LogP contribution in [0, 0.1) is 18.8 Å². The van der Waals surface area contributed by atoms with Crippen molar-refractivity contribution in [1.29, 1.82) is 0 Å². The first-order valence-electron chi connectivity index (χ1n) is 7.85. The molecule has 1 aliphatic carbocycles. The minimum Gasteiger partial charge on any atom is -0.356 e. The fourth-order valence-electron chi connectivity index (χ4n) is 3.05. The molecule has 0 amide bonds. The SMILES string of the molecule is Cc1cn(C(C)C)c(NCCC2CCC(C)CC2)n1. The molecule has 1 N–H and O–H groups in total. The number of anilines is 1. The monoisotopic (exact) mass is 263 g/mol. The molecule has 0 aliphatic heterocycles. The fraction of sp³-hybridized carbons (Fsp3) is 0.812. The molecule has 1 heterocycles. The Hall–Kier alpha value is -0.990. The Morgan fingerprint density at radius 3 is 2.63 bits per heavy atom. The van der Waals surface area contributed by atoms with Crippen molar-refractivity contribution in [2.75, 3.05) is 11.9 Å². The van der Waals surface area contributed by atoms with Gasteiger partial charge in [0.25, 0.3) is 0 Å². The van der Waals surface area contributed by atoms with E-state index in [9.17, 15) is 0 Å². The quantitative estimate of drug-likeness (QED) is 0.853. The predicted octanol–water partition coefficient (Wildman–Crippen LogP) is 4.40. The van der Waals surface area contributed by atoms with Crippen molar-refractivity contribution < 1.29 is 0 Å². The average molecular weight is 263 g/mol. The third-order valence-corrected chi connectivity index (χ3v) is 4.38. The minimum absolute atomic E-state index is 0.472. The van der Waals surface area contributed by atoms with Crippen molar-refractivity contribution in [1.82, 2.24) is 9.55 Å². The third kappa shape index (κ3) is 3.99. The number of hydrogen-bond donors (Lipinski definition) is 1. The van der Waals surface area contributed by atoms with Gasteiger partial charge < -0.3 is 9.88 Å². The molecule has 0 unspecified atom stereocenters. The van der Waals surface area contributed by atoms with Gasteiger partial charge in [0.15, 0.2) is 0 Å². The van der Waals surface area contributed by atoms with Gasteiger partial charge in [-0.1, -0.05) is 32.6 Å². The largest absolute Gasteiger partial charge is 0.356 e. The molecule has 108 valence electrons. The van der Waals surface area contributed by atoms with E-state index < -0.39 is 0 Å². The van der Waals surface area contributed by atoms with Crippen LogP contribution in [0.4, 0.5) is 5.95 Å². The van der Waals surface area contributed by atoms with Crippen molar-refractivity contribution in [2.45, 2.75) is 65.8 Å². The lowest BCUT2D eigenvalue weighted by atomic mass is 9.81. The number of aryl methyl sites for hydroxylation is 1. The molecule has 3 heteroatoms. The summed E-state index contributed by atoms with van der Waals surface area (Å²) < 4.78 is 2.23. The maximum absolute atomic E-state index is 4.58. The van der Waals surface area contributed by atoms with Gasteiger partial charge in [-0.15, -0.1) is 0 Å². The summed E-state index contributed by atoms with van der Waals surface area (Å²) in [7, 11) is 0. The maximum Gasteiger partial charge on any atom is 0.203 e. The van der Waals surface area contributed by atoms with E-state index in [2.05, 4.69) is 48.8 Å². The summed E-state index contributed by atoms with van der Waals surface area (Å²) in [6, 6.07) is 0.472. The molecule has 3 nitrogen and oxygen atoms in total. The predicted molar refractivity (Wildman–Crippen MR) is 81.6 cm³/mol. The molecule has 0 spiro atoms. The van der Waals surface area contributed by atoms with Gasteiger partial charge in [0, 0.05) is 18.8 Å². The van der Waals surface area contributed by atoms with Crippen LogP contribution < -0.4 is 5.32 Å². The van der Waals surface area contributed by atoms with Crippen LogP contribution in [0.2, 0.25) is 0 Å². The van der Waals surface area contributed by atoms with Gasteiger partial charge in [-0.3, -0.25) is 0 Å². The van der Waals surface area contributed by atoms with Crippen LogP contribution in [-0.4, -0.2) is 16.1 Å². The Morgan fingerprint density at radius 1 is 1.32 bits per heavy atom. The average Bonchev–Trinajstić information content (AvgIpc) is 2.73. The highest BCUT2D eigenvalue weighted by atomic mass is 15.2. The summed E-state index contributed by atoms with van der Waals surface area (Å²) in [6.07, 6.45) is 9.10. The minimum atomic E-state index is 0.472. The standard InChI is InChI=1S/C16H29N3/c1-12(2)19-11-14(4)18-16(19)17-10-9-15-7-5-13(3)6-8-15/h11-13,15H,5-10H2,1-4H3,(H,17,18). The summed E-state index contributed by atoms with van der Waals surface area (Å²) in [5, 5.41) is 3.53. The number of rotatable bonds is 5. The van der Waals surface area contributed by atoms with Crippen molar-refractivity contribution in [2.24, 2.45) is 11.8 Å². The van der Waals surface area contributed by atoms with Crippen LogP contribution in [0.15, 0.2) is 6.20 Å². The van der Waals surface area contributed by atoms with Gasteiger partial charge in [-0.25, -0.2) is 4.98 Å². The molecular formula is C16H29N3. The molecule has 1 aromatic rings. The van der Waals surface area contributed by atoms with Crippen LogP contribution in [-0.2, 0) is 0 Å². The maximum atomic E-state index is 4.58. The molecule has 1 aromatic heterocycles. The van der Waals surface area contributed by atoms with Gasteiger partial charge in [0.1, 0.15) is 0 Å². The van der Waals surface area contributed by atoms with Crippen molar-refractivity contribution in [3.05, 3.63) is 11.9 Å². The molecule has 1 fully saturated rings. The molecule has 1 saturated carbocycles. The summed E-state index contributed by atoms with van der Waals surface area (Å²) in [6.45, 7) is 9.91. The third-order valence-electron chi connectivity index (χ3n) is 4.38. The first-order chi connectivity index (χ1) is 9.06. The Kier molecular flexibility index (Phi) is 4.89. The smallest absolute Gasteiger partial charge is 0.203 e. The van der Waals surface area contributed by atoms with Gasteiger partial charge in [0.2, 0.25) is 5.95 Å². The number of nitrogens with one attached hydrogen (secondary N) is 1. The van der Waals surface area contributed by atoms with E-state index in [0.717, 1.165) is 30.0 Å². The lowest BCUT2D eigenvalue weighted by Gasteiger charge is -2.26.